The lowest BCUT2D eigenvalue weighted by molar-refractivity contribution is 0.580. The molecule has 1 unspecified atom stereocenters. The van der Waals surface area contributed by atoms with E-state index in [2.05, 4.69) is 15.9 Å². The monoisotopic (exact) mass is 336 g/mol. The lowest BCUT2D eigenvalue weighted by Gasteiger charge is -2.09. The van der Waals surface area contributed by atoms with Crippen molar-refractivity contribution < 1.29 is 8.78 Å². The second kappa shape index (κ2) is 5.04. The van der Waals surface area contributed by atoms with E-state index < -0.39 is 17.0 Å². The number of rotatable bonds is 2. The molecule has 90 valence electrons. The molecule has 0 spiro atoms. The highest BCUT2D eigenvalue weighted by molar-refractivity contribution is 9.10. The fourth-order valence-corrected chi connectivity index (χ4v) is 3.94. The Kier molecular flexibility index (Phi) is 3.85. The molecule has 17 heavy (non-hydrogen) atoms. The van der Waals surface area contributed by atoms with E-state index in [-0.39, 0.29) is 0 Å². The van der Waals surface area contributed by atoms with Gasteiger partial charge in [0.05, 0.1) is 5.38 Å². The van der Waals surface area contributed by atoms with E-state index in [1.54, 1.807) is 0 Å². The Morgan fingerprint density at radius 2 is 1.76 bits per heavy atom. The van der Waals surface area contributed by atoms with E-state index >= 15 is 0 Å². The van der Waals surface area contributed by atoms with Crippen LogP contribution in [0.3, 0.4) is 0 Å². The third kappa shape index (κ3) is 2.87. The van der Waals surface area contributed by atoms with E-state index in [1.165, 1.54) is 23.5 Å². The molecule has 0 aliphatic heterocycles. The van der Waals surface area contributed by atoms with E-state index in [9.17, 15) is 8.78 Å². The maximum Gasteiger partial charge on any atom is 0.126 e. The van der Waals surface area contributed by atoms with Gasteiger partial charge in [-0.1, -0.05) is 0 Å². The Labute approximate surface area is 115 Å². The molecule has 0 saturated heterocycles. The van der Waals surface area contributed by atoms with Crippen molar-refractivity contribution in [3.05, 3.63) is 55.7 Å². The first-order valence-corrected chi connectivity index (χ1v) is 6.88. The van der Waals surface area contributed by atoms with Gasteiger partial charge in [-0.3, -0.25) is 0 Å². The summed E-state index contributed by atoms with van der Waals surface area (Å²) >= 11 is 11.1. The minimum atomic E-state index is -0.616. The highest BCUT2D eigenvalue weighted by atomic mass is 79.9. The first kappa shape index (κ1) is 13.0. The summed E-state index contributed by atoms with van der Waals surface area (Å²) in [6.45, 7) is 1.95. The summed E-state index contributed by atoms with van der Waals surface area (Å²) in [5.41, 5.74) is 0.423. The molecule has 1 atom stereocenters. The van der Waals surface area contributed by atoms with Gasteiger partial charge >= 0.3 is 0 Å². The van der Waals surface area contributed by atoms with Crippen LogP contribution in [-0.2, 0) is 0 Å². The first-order chi connectivity index (χ1) is 7.97. The van der Waals surface area contributed by atoms with Gasteiger partial charge in [0.15, 0.2) is 0 Å². The summed E-state index contributed by atoms with van der Waals surface area (Å²) in [6.07, 6.45) is 0. The average molecular weight is 338 g/mol. The Bertz CT molecular complexity index is 533. The van der Waals surface area contributed by atoms with Crippen LogP contribution in [0.2, 0.25) is 0 Å². The van der Waals surface area contributed by atoms with Crippen molar-refractivity contribution in [1.29, 1.82) is 0 Å². The number of alkyl halides is 1. The van der Waals surface area contributed by atoms with Gasteiger partial charge in [0.1, 0.15) is 11.6 Å². The quantitative estimate of drug-likeness (QED) is 0.641. The predicted molar refractivity (Wildman–Crippen MR) is 70.8 cm³/mol. The number of hydrogen-bond acceptors (Lipinski definition) is 1. The van der Waals surface area contributed by atoms with Crippen molar-refractivity contribution in [3.8, 4) is 0 Å². The first-order valence-electron chi connectivity index (χ1n) is 4.83. The lowest BCUT2D eigenvalue weighted by atomic mass is 10.1. The van der Waals surface area contributed by atoms with Crippen molar-refractivity contribution in [2.24, 2.45) is 0 Å². The van der Waals surface area contributed by atoms with Crippen LogP contribution in [0.25, 0.3) is 0 Å². The number of benzene rings is 1. The Morgan fingerprint density at radius 1 is 1.18 bits per heavy atom. The zero-order valence-corrected chi connectivity index (χ0v) is 12.0. The molecule has 1 aromatic carbocycles. The molecule has 0 N–H and O–H groups in total. The van der Waals surface area contributed by atoms with Crippen molar-refractivity contribution in [2.45, 2.75) is 12.3 Å². The van der Waals surface area contributed by atoms with Crippen molar-refractivity contribution in [3.63, 3.8) is 0 Å². The van der Waals surface area contributed by atoms with Crippen molar-refractivity contribution in [1.82, 2.24) is 0 Å². The molecule has 1 heterocycles. The van der Waals surface area contributed by atoms with Crippen LogP contribution >= 0.6 is 38.9 Å². The van der Waals surface area contributed by atoms with Crippen LogP contribution in [-0.4, -0.2) is 0 Å². The number of thiophene rings is 1. The maximum absolute atomic E-state index is 13.1. The summed E-state index contributed by atoms with van der Waals surface area (Å²) in [7, 11) is 0. The van der Waals surface area contributed by atoms with Gasteiger partial charge < -0.3 is 0 Å². The molecule has 2 rings (SSSR count). The van der Waals surface area contributed by atoms with Crippen LogP contribution in [0.1, 0.15) is 20.7 Å². The molecule has 2 aromatic rings. The summed E-state index contributed by atoms with van der Waals surface area (Å²) in [5, 5.41) is -0.548. The molecule has 0 aliphatic carbocycles. The summed E-state index contributed by atoms with van der Waals surface area (Å²) in [5.74, 6) is -1.23. The standard InChI is InChI=1S/C12H8BrClF2S/c1-6-2-10(13)12(17-6)11(14)7-3-8(15)5-9(16)4-7/h2-5,11H,1H3. The highest BCUT2D eigenvalue weighted by Gasteiger charge is 2.18. The lowest BCUT2D eigenvalue weighted by Crippen LogP contribution is -1.94. The van der Waals surface area contributed by atoms with E-state index in [1.807, 2.05) is 13.0 Å². The smallest absolute Gasteiger partial charge is 0.126 e. The summed E-state index contributed by atoms with van der Waals surface area (Å²) in [6, 6.07) is 5.28. The summed E-state index contributed by atoms with van der Waals surface area (Å²) < 4.78 is 27.1. The van der Waals surface area contributed by atoms with E-state index in [4.69, 9.17) is 11.6 Å². The fraction of sp³-hybridized carbons (Fsp3) is 0.167. The maximum atomic E-state index is 13.1. The van der Waals surface area contributed by atoms with Gasteiger partial charge in [0.25, 0.3) is 0 Å². The molecule has 0 nitrogen and oxygen atoms in total. The van der Waals surface area contributed by atoms with E-state index in [0.29, 0.717) is 5.56 Å². The third-order valence-corrected chi connectivity index (χ3v) is 4.88. The molecule has 0 fully saturated rings. The van der Waals surface area contributed by atoms with Crippen LogP contribution in [0.5, 0.6) is 0 Å². The largest absolute Gasteiger partial charge is 0.207 e. The Morgan fingerprint density at radius 3 is 2.24 bits per heavy atom. The van der Waals surface area contributed by atoms with Crippen LogP contribution in [0.4, 0.5) is 8.78 Å². The Hall–Kier alpha value is -0.450. The number of halogens is 4. The molecule has 5 heteroatoms. The molecule has 0 aliphatic rings. The van der Waals surface area contributed by atoms with Gasteiger partial charge in [0, 0.05) is 20.3 Å². The van der Waals surface area contributed by atoms with Crippen molar-refractivity contribution >= 4 is 38.9 Å². The number of hydrogen-bond donors (Lipinski definition) is 0. The molecule has 0 saturated carbocycles. The summed E-state index contributed by atoms with van der Waals surface area (Å²) in [4.78, 5) is 1.95. The fourth-order valence-electron chi connectivity index (χ4n) is 1.55. The molecule has 1 aromatic heterocycles. The second-order valence-corrected chi connectivity index (χ2v) is 6.21. The average Bonchev–Trinajstić information content (AvgIpc) is 2.55. The molecular weight excluding hydrogens is 330 g/mol. The number of aryl methyl sites for hydroxylation is 1. The zero-order valence-electron chi connectivity index (χ0n) is 8.81. The third-order valence-electron chi connectivity index (χ3n) is 2.24. The van der Waals surface area contributed by atoms with Crippen molar-refractivity contribution in [2.75, 3.05) is 0 Å². The van der Waals surface area contributed by atoms with E-state index in [0.717, 1.165) is 20.3 Å². The minimum Gasteiger partial charge on any atom is -0.207 e. The highest BCUT2D eigenvalue weighted by Crippen LogP contribution is 2.39. The van der Waals surface area contributed by atoms with Gasteiger partial charge in [-0.2, -0.15) is 0 Å². The topological polar surface area (TPSA) is 0 Å². The molecular formula is C12H8BrClF2S. The van der Waals surface area contributed by atoms with Crippen LogP contribution in [0.15, 0.2) is 28.7 Å². The SMILES string of the molecule is Cc1cc(Br)c(C(Cl)c2cc(F)cc(F)c2)s1. The predicted octanol–water partition coefficient (Wildman–Crippen LogP) is 5.43. The van der Waals surface area contributed by atoms with Gasteiger partial charge in [-0.05, 0) is 46.6 Å². The van der Waals surface area contributed by atoms with Crippen LogP contribution in [0, 0.1) is 18.6 Å². The normalized spacial score (nSPS) is 12.8. The second-order valence-electron chi connectivity index (χ2n) is 3.63. The minimum absolute atomic E-state index is 0.423. The van der Waals surface area contributed by atoms with Gasteiger partial charge in [-0.15, -0.1) is 22.9 Å². The zero-order chi connectivity index (χ0) is 12.6. The van der Waals surface area contributed by atoms with Crippen LogP contribution < -0.4 is 0 Å². The Balaban J connectivity index is 2.43. The molecule has 0 radical (unpaired) electrons. The van der Waals surface area contributed by atoms with Gasteiger partial charge in [0.2, 0.25) is 0 Å². The van der Waals surface area contributed by atoms with Gasteiger partial charge in [-0.25, -0.2) is 8.78 Å². The molecule has 0 amide bonds. The molecule has 0 bridgehead atoms.